The highest BCUT2D eigenvalue weighted by molar-refractivity contribution is 5.18. The van der Waals surface area contributed by atoms with E-state index in [4.69, 9.17) is 4.74 Å². The first-order chi connectivity index (χ1) is 10.3. The number of benzene rings is 2. The summed E-state index contributed by atoms with van der Waals surface area (Å²) < 4.78 is 5.79. The largest absolute Gasteiger partial charge is 0.390 e. The third kappa shape index (κ3) is 5.54. The molecular weight excluding hydrogens is 260 g/mol. The summed E-state index contributed by atoms with van der Waals surface area (Å²) in [7, 11) is 0. The van der Waals surface area contributed by atoms with Gasteiger partial charge in [-0.15, -0.1) is 0 Å². The maximum Gasteiger partial charge on any atom is 0.102 e. The van der Waals surface area contributed by atoms with Crippen molar-refractivity contribution < 1.29 is 9.84 Å². The number of hydrogen-bond donors (Lipinski definition) is 1. The average Bonchev–Trinajstić information content (AvgIpc) is 2.52. The number of hydrogen-bond acceptors (Lipinski definition) is 2. The van der Waals surface area contributed by atoms with Crippen molar-refractivity contribution in [2.24, 2.45) is 0 Å². The molecule has 0 amide bonds. The molecular formula is C19H22O2. The van der Waals surface area contributed by atoms with Gasteiger partial charge in [0, 0.05) is 0 Å². The maximum absolute atomic E-state index is 9.81. The topological polar surface area (TPSA) is 29.5 Å². The Morgan fingerprint density at radius 2 is 1.52 bits per heavy atom. The van der Waals surface area contributed by atoms with E-state index >= 15 is 0 Å². The highest BCUT2D eigenvalue weighted by Gasteiger charge is 2.11. The van der Waals surface area contributed by atoms with Crippen molar-refractivity contribution in [3.63, 3.8) is 0 Å². The summed E-state index contributed by atoms with van der Waals surface area (Å²) in [5.41, 5.74) is 2.36. The molecule has 0 radical (unpaired) electrons. The van der Waals surface area contributed by atoms with Crippen LogP contribution in [-0.2, 0) is 17.8 Å². The standard InChI is InChI=1S/C19H22O2/c1-16(20)19(21-15-18-11-6-3-7-12-18)14-8-13-17-9-4-2-5-10-17/h2-12,14,16,19-20H,13,15H2,1H3/b14-8-/t16-,19+/m0/s1. The van der Waals surface area contributed by atoms with Crippen LogP contribution in [0.15, 0.2) is 72.8 Å². The summed E-state index contributed by atoms with van der Waals surface area (Å²) in [5.74, 6) is 0. The molecule has 0 aromatic heterocycles. The highest BCUT2D eigenvalue weighted by atomic mass is 16.5. The van der Waals surface area contributed by atoms with Gasteiger partial charge in [-0.1, -0.05) is 72.8 Å². The first-order valence-corrected chi connectivity index (χ1v) is 7.30. The predicted molar refractivity (Wildman–Crippen MR) is 86.0 cm³/mol. The molecule has 2 aromatic rings. The second-order valence-corrected chi connectivity index (χ2v) is 5.12. The summed E-state index contributed by atoms with van der Waals surface area (Å²) in [6.45, 7) is 2.26. The molecule has 2 nitrogen and oxygen atoms in total. The van der Waals surface area contributed by atoms with Crippen molar-refractivity contribution in [3.05, 3.63) is 83.9 Å². The first kappa shape index (κ1) is 15.5. The van der Waals surface area contributed by atoms with Crippen LogP contribution in [0.3, 0.4) is 0 Å². The SMILES string of the molecule is C[C@H](O)[C@@H](/C=C\Cc1ccccc1)OCc1ccccc1. The van der Waals surface area contributed by atoms with Gasteiger partial charge in [-0.25, -0.2) is 0 Å². The van der Waals surface area contributed by atoms with Gasteiger partial charge < -0.3 is 9.84 Å². The van der Waals surface area contributed by atoms with E-state index in [9.17, 15) is 5.11 Å². The van der Waals surface area contributed by atoms with Crippen LogP contribution in [0.25, 0.3) is 0 Å². The molecule has 0 heterocycles. The fourth-order valence-electron chi connectivity index (χ4n) is 2.07. The summed E-state index contributed by atoms with van der Waals surface area (Å²) in [5, 5.41) is 9.81. The minimum atomic E-state index is -0.527. The van der Waals surface area contributed by atoms with Crippen molar-refractivity contribution >= 4 is 0 Å². The molecule has 0 aliphatic carbocycles. The van der Waals surface area contributed by atoms with Crippen molar-refractivity contribution in [1.82, 2.24) is 0 Å². The zero-order chi connectivity index (χ0) is 14.9. The molecule has 0 saturated carbocycles. The van der Waals surface area contributed by atoms with Crippen LogP contribution >= 0.6 is 0 Å². The minimum absolute atomic E-state index is 0.283. The lowest BCUT2D eigenvalue weighted by molar-refractivity contribution is -0.0101. The van der Waals surface area contributed by atoms with Gasteiger partial charge in [0.15, 0.2) is 0 Å². The maximum atomic E-state index is 9.81. The van der Waals surface area contributed by atoms with E-state index in [1.165, 1.54) is 5.56 Å². The van der Waals surface area contributed by atoms with Gasteiger partial charge in [0.2, 0.25) is 0 Å². The molecule has 2 aromatic carbocycles. The van der Waals surface area contributed by atoms with Gasteiger partial charge in [-0.3, -0.25) is 0 Å². The number of allylic oxidation sites excluding steroid dienone is 1. The third-order valence-electron chi connectivity index (χ3n) is 3.28. The summed E-state index contributed by atoms with van der Waals surface area (Å²) in [6.07, 6.45) is 4.03. The van der Waals surface area contributed by atoms with E-state index < -0.39 is 6.10 Å². The average molecular weight is 282 g/mol. The summed E-state index contributed by atoms with van der Waals surface area (Å²) >= 11 is 0. The molecule has 0 aliphatic heterocycles. The number of aliphatic hydroxyl groups is 1. The van der Waals surface area contributed by atoms with E-state index in [-0.39, 0.29) is 6.10 Å². The Morgan fingerprint density at radius 1 is 0.952 bits per heavy atom. The first-order valence-electron chi connectivity index (χ1n) is 7.30. The molecule has 1 N–H and O–H groups in total. The van der Waals surface area contributed by atoms with Crippen LogP contribution < -0.4 is 0 Å². The van der Waals surface area contributed by atoms with Crippen molar-refractivity contribution in [1.29, 1.82) is 0 Å². The molecule has 110 valence electrons. The van der Waals surface area contributed by atoms with Crippen LogP contribution in [0.1, 0.15) is 18.1 Å². The Kier molecular flexibility index (Phi) is 6.20. The molecule has 0 fully saturated rings. The van der Waals surface area contributed by atoms with Crippen LogP contribution in [0.5, 0.6) is 0 Å². The second kappa shape index (κ2) is 8.40. The lowest BCUT2D eigenvalue weighted by atomic mass is 10.1. The normalized spacial score (nSPS) is 14.2. The molecule has 0 aliphatic rings. The fraction of sp³-hybridized carbons (Fsp3) is 0.263. The third-order valence-corrected chi connectivity index (χ3v) is 3.28. The number of rotatable bonds is 7. The van der Waals surface area contributed by atoms with Crippen LogP contribution in [0.4, 0.5) is 0 Å². The molecule has 0 spiro atoms. The van der Waals surface area contributed by atoms with Crippen LogP contribution in [0.2, 0.25) is 0 Å². The zero-order valence-electron chi connectivity index (χ0n) is 12.4. The number of aliphatic hydroxyl groups excluding tert-OH is 1. The summed E-state index contributed by atoms with van der Waals surface area (Å²) in [4.78, 5) is 0. The van der Waals surface area contributed by atoms with Crippen LogP contribution in [0, 0.1) is 0 Å². The molecule has 2 rings (SSSR count). The monoisotopic (exact) mass is 282 g/mol. The van der Waals surface area contributed by atoms with Gasteiger partial charge in [0.25, 0.3) is 0 Å². The van der Waals surface area contributed by atoms with E-state index in [2.05, 4.69) is 18.2 Å². The summed E-state index contributed by atoms with van der Waals surface area (Å²) in [6, 6.07) is 20.2. The lowest BCUT2D eigenvalue weighted by Gasteiger charge is -2.17. The minimum Gasteiger partial charge on any atom is -0.390 e. The molecule has 2 heteroatoms. The smallest absolute Gasteiger partial charge is 0.102 e. The Morgan fingerprint density at radius 3 is 2.10 bits per heavy atom. The Bertz CT molecular complexity index is 532. The molecule has 0 saturated heterocycles. The van der Waals surface area contributed by atoms with Crippen molar-refractivity contribution in [2.75, 3.05) is 0 Å². The molecule has 0 unspecified atom stereocenters. The predicted octanol–water partition coefficient (Wildman–Crippen LogP) is 3.75. The Labute approximate surface area is 126 Å². The Hall–Kier alpha value is -1.90. The van der Waals surface area contributed by atoms with E-state index in [1.807, 2.05) is 54.6 Å². The molecule has 0 bridgehead atoms. The number of ether oxygens (including phenoxy) is 1. The van der Waals surface area contributed by atoms with Crippen LogP contribution in [-0.4, -0.2) is 17.3 Å². The van der Waals surface area contributed by atoms with E-state index in [0.29, 0.717) is 6.61 Å². The Balaban J connectivity index is 1.87. The zero-order valence-corrected chi connectivity index (χ0v) is 12.4. The lowest BCUT2D eigenvalue weighted by Crippen LogP contribution is -2.24. The van der Waals surface area contributed by atoms with Crippen molar-refractivity contribution in [3.8, 4) is 0 Å². The van der Waals surface area contributed by atoms with E-state index in [1.54, 1.807) is 6.92 Å². The van der Waals surface area contributed by atoms with Gasteiger partial charge >= 0.3 is 0 Å². The van der Waals surface area contributed by atoms with Gasteiger partial charge in [0.05, 0.1) is 12.7 Å². The quantitative estimate of drug-likeness (QED) is 0.784. The second-order valence-electron chi connectivity index (χ2n) is 5.12. The fourth-order valence-corrected chi connectivity index (χ4v) is 2.07. The van der Waals surface area contributed by atoms with Crippen molar-refractivity contribution in [2.45, 2.75) is 32.2 Å². The van der Waals surface area contributed by atoms with Gasteiger partial charge in [-0.2, -0.15) is 0 Å². The highest BCUT2D eigenvalue weighted by Crippen LogP contribution is 2.09. The molecule has 2 atom stereocenters. The van der Waals surface area contributed by atoms with Gasteiger partial charge in [-0.05, 0) is 24.5 Å². The van der Waals surface area contributed by atoms with Gasteiger partial charge in [0.1, 0.15) is 6.10 Å². The van der Waals surface area contributed by atoms with E-state index in [0.717, 1.165) is 12.0 Å². The molecule has 21 heavy (non-hydrogen) atoms.